The van der Waals surface area contributed by atoms with Crippen LogP contribution in [0, 0.1) is 18.8 Å². The van der Waals surface area contributed by atoms with Crippen molar-refractivity contribution in [1.82, 2.24) is 10.2 Å². The second kappa shape index (κ2) is 4.81. The summed E-state index contributed by atoms with van der Waals surface area (Å²) < 4.78 is 0. The summed E-state index contributed by atoms with van der Waals surface area (Å²) in [7, 11) is 0. The van der Waals surface area contributed by atoms with E-state index in [1.54, 1.807) is 0 Å². The topological polar surface area (TPSA) is 29.0 Å². The van der Waals surface area contributed by atoms with Crippen LogP contribution >= 0.6 is 0 Å². The van der Waals surface area contributed by atoms with E-state index in [0.717, 1.165) is 36.4 Å². The predicted molar refractivity (Wildman–Crippen MR) is 66.5 cm³/mol. The van der Waals surface area contributed by atoms with Crippen molar-refractivity contribution in [3.05, 3.63) is 17.8 Å². The zero-order chi connectivity index (χ0) is 11.5. The molecule has 16 heavy (non-hydrogen) atoms. The van der Waals surface area contributed by atoms with Crippen molar-refractivity contribution in [3.8, 4) is 0 Å². The standard InChI is InChI=1S/C13H21N3/c1-10(2)12-6-8-16(9-7-12)13-5-4-11(3)14-15-13/h4-5,10,12H,6-9H2,1-3H3. The van der Waals surface area contributed by atoms with E-state index in [0.29, 0.717) is 0 Å². The van der Waals surface area contributed by atoms with Crippen molar-refractivity contribution in [2.24, 2.45) is 11.8 Å². The monoisotopic (exact) mass is 219 g/mol. The van der Waals surface area contributed by atoms with Gasteiger partial charge in [0.2, 0.25) is 0 Å². The molecule has 1 fully saturated rings. The third kappa shape index (κ3) is 2.52. The van der Waals surface area contributed by atoms with Crippen LogP contribution in [0.3, 0.4) is 0 Å². The molecule has 0 unspecified atom stereocenters. The molecule has 0 spiro atoms. The molecule has 0 aliphatic carbocycles. The van der Waals surface area contributed by atoms with E-state index in [-0.39, 0.29) is 0 Å². The fourth-order valence-corrected chi connectivity index (χ4v) is 2.36. The molecular weight excluding hydrogens is 198 g/mol. The molecule has 0 radical (unpaired) electrons. The maximum atomic E-state index is 4.25. The number of aromatic nitrogens is 2. The van der Waals surface area contributed by atoms with E-state index in [4.69, 9.17) is 0 Å². The van der Waals surface area contributed by atoms with Gasteiger partial charge in [0.05, 0.1) is 5.69 Å². The van der Waals surface area contributed by atoms with Gasteiger partial charge in [-0.3, -0.25) is 0 Å². The molecule has 1 saturated heterocycles. The molecule has 0 atom stereocenters. The van der Waals surface area contributed by atoms with Crippen LogP contribution in [0.15, 0.2) is 12.1 Å². The molecular formula is C13H21N3. The van der Waals surface area contributed by atoms with Gasteiger partial charge in [0, 0.05) is 13.1 Å². The first-order valence-electron chi connectivity index (χ1n) is 6.22. The van der Waals surface area contributed by atoms with Crippen LogP contribution in [0.5, 0.6) is 0 Å². The summed E-state index contributed by atoms with van der Waals surface area (Å²) in [5, 5.41) is 8.36. The van der Waals surface area contributed by atoms with Crippen LogP contribution in [0.2, 0.25) is 0 Å². The molecule has 0 N–H and O–H groups in total. The fraction of sp³-hybridized carbons (Fsp3) is 0.692. The average Bonchev–Trinajstić information content (AvgIpc) is 2.30. The minimum Gasteiger partial charge on any atom is -0.355 e. The maximum Gasteiger partial charge on any atom is 0.151 e. The molecule has 1 aromatic heterocycles. The summed E-state index contributed by atoms with van der Waals surface area (Å²) in [5.74, 6) is 2.73. The molecule has 0 saturated carbocycles. The van der Waals surface area contributed by atoms with Crippen LogP contribution in [-0.2, 0) is 0 Å². The zero-order valence-corrected chi connectivity index (χ0v) is 10.5. The molecule has 1 aromatic rings. The van der Waals surface area contributed by atoms with Gasteiger partial charge in [-0.1, -0.05) is 13.8 Å². The number of nitrogens with zero attached hydrogens (tertiary/aromatic N) is 3. The Labute approximate surface area is 97.9 Å². The molecule has 0 bridgehead atoms. The van der Waals surface area contributed by atoms with E-state index < -0.39 is 0 Å². The summed E-state index contributed by atoms with van der Waals surface area (Å²) in [6.07, 6.45) is 2.57. The van der Waals surface area contributed by atoms with Gasteiger partial charge in [0.15, 0.2) is 5.82 Å². The largest absolute Gasteiger partial charge is 0.355 e. The third-order valence-electron chi connectivity index (χ3n) is 3.59. The minimum atomic E-state index is 0.811. The van der Waals surface area contributed by atoms with Gasteiger partial charge in [-0.2, -0.15) is 5.10 Å². The first-order valence-corrected chi connectivity index (χ1v) is 6.22. The summed E-state index contributed by atoms with van der Waals surface area (Å²) in [6.45, 7) is 8.88. The van der Waals surface area contributed by atoms with E-state index in [2.05, 4.69) is 35.0 Å². The van der Waals surface area contributed by atoms with E-state index in [1.807, 2.05) is 13.0 Å². The Morgan fingerprint density at radius 3 is 2.38 bits per heavy atom. The Morgan fingerprint density at radius 2 is 1.88 bits per heavy atom. The second-order valence-corrected chi connectivity index (χ2v) is 5.10. The Balaban J connectivity index is 1.96. The molecule has 2 heterocycles. The summed E-state index contributed by atoms with van der Waals surface area (Å²) in [6, 6.07) is 4.12. The molecule has 2 rings (SSSR count). The minimum absolute atomic E-state index is 0.811. The lowest BCUT2D eigenvalue weighted by Crippen LogP contribution is -2.35. The van der Waals surface area contributed by atoms with Gasteiger partial charge in [-0.25, -0.2) is 0 Å². The van der Waals surface area contributed by atoms with E-state index in [1.165, 1.54) is 12.8 Å². The van der Waals surface area contributed by atoms with Crippen molar-refractivity contribution in [1.29, 1.82) is 0 Å². The van der Waals surface area contributed by atoms with Gasteiger partial charge in [-0.15, -0.1) is 5.10 Å². The van der Waals surface area contributed by atoms with Gasteiger partial charge in [0.1, 0.15) is 0 Å². The average molecular weight is 219 g/mol. The van der Waals surface area contributed by atoms with Crippen LogP contribution in [0.4, 0.5) is 5.82 Å². The first kappa shape index (κ1) is 11.4. The van der Waals surface area contributed by atoms with Gasteiger partial charge in [0.25, 0.3) is 0 Å². The van der Waals surface area contributed by atoms with Crippen molar-refractivity contribution in [3.63, 3.8) is 0 Å². The maximum absolute atomic E-state index is 4.25. The summed E-state index contributed by atoms with van der Waals surface area (Å²) in [5.41, 5.74) is 0.987. The van der Waals surface area contributed by atoms with Gasteiger partial charge in [-0.05, 0) is 43.7 Å². The highest BCUT2D eigenvalue weighted by molar-refractivity contribution is 5.37. The highest BCUT2D eigenvalue weighted by Crippen LogP contribution is 2.26. The number of piperidine rings is 1. The van der Waals surface area contributed by atoms with E-state index in [9.17, 15) is 0 Å². The number of hydrogen-bond donors (Lipinski definition) is 0. The lowest BCUT2D eigenvalue weighted by Gasteiger charge is -2.34. The van der Waals surface area contributed by atoms with Crippen molar-refractivity contribution >= 4 is 5.82 Å². The highest BCUT2D eigenvalue weighted by Gasteiger charge is 2.22. The Hall–Kier alpha value is -1.12. The molecule has 1 aliphatic rings. The van der Waals surface area contributed by atoms with Crippen LogP contribution in [0.1, 0.15) is 32.4 Å². The lowest BCUT2D eigenvalue weighted by molar-refractivity contribution is 0.310. The lowest BCUT2D eigenvalue weighted by atomic mass is 9.87. The summed E-state index contributed by atoms with van der Waals surface area (Å²) in [4.78, 5) is 2.35. The third-order valence-corrected chi connectivity index (χ3v) is 3.59. The quantitative estimate of drug-likeness (QED) is 0.765. The number of anilines is 1. The number of hydrogen-bond acceptors (Lipinski definition) is 3. The molecule has 1 aliphatic heterocycles. The van der Waals surface area contributed by atoms with Crippen LogP contribution in [-0.4, -0.2) is 23.3 Å². The second-order valence-electron chi connectivity index (χ2n) is 5.10. The number of rotatable bonds is 2. The normalized spacial score (nSPS) is 18.1. The summed E-state index contributed by atoms with van der Waals surface area (Å²) >= 11 is 0. The smallest absolute Gasteiger partial charge is 0.151 e. The molecule has 3 nitrogen and oxygen atoms in total. The van der Waals surface area contributed by atoms with Crippen molar-refractivity contribution in [2.45, 2.75) is 33.6 Å². The Kier molecular flexibility index (Phi) is 3.42. The SMILES string of the molecule is Cc1ccc(N2CCC(C(C)C)CC2)nn1. The first-order chi connectivity index (χ1) is 7.66. The molecule has 3 heteroatoms. The van der Waals surface area contributed by atoms with Crippen LogP contribution < -0.4 is 4.90 Å². The molecule has 0 amide bonds. The van der Waals surface area contributed by atoms with Crippen LogP contribution in [0.25, 0.3) is 0 Å². The van der Waals surface area contributed by atoms with E-state index >= 15 is 0 Å². The fourth-order valence-electron chi connectivity index (χ4n) is 2.36. The Morgan fingerprint density at radius 1 is 1.19 bits per heavy atom. The van der Waals surface area contributed by atoms with Crippen molar-refractivity contribution < 1.29 is 0 Å². The van der Waals surface area contributed by atoms with Gasteiger partial charge >= 0.3 is 0 Å². The molecule has 0 aromatic carbocycles. The van der Waals surface area contributed by atoms with Crippen molar-refractivity contribution in [2.75, 3.05) is 18.0 Å². The highest BCUT2D eigenvalue weighted by atomic mass is 15.3. The Bertz CT molecular complexity index is 324. The van der Waals surface area contributed by atoms with Gasteiger partial charge < -0.3 is 4.90 Å². The molecule has 88 valence electrons. The zero-order valence-electron chi connectivity index (χ0n) is 10.5. The number of aryl methyl sites for hydroxylation is 1. The predicted octanol–water partition coefficient (Wildman–Crippen LogP) is 2.66.